The van der Waals surface area contributed by atoms with Gasteiger partial charge in [-0.05, 0) is 25.3 Å². The van der Waals surface area contributed by atoms with Crippen molar-refractivity contribution in [2.24, 2.45) is 5.92 Å². The van der Waals surface area contributed by atoms with E-state index in [1.807, 2.05) is 6.33 Å². The smallest absolute Gasteiger partial charge is 0.150 e. The van der Waals surface area contributed by atoms with Crippen LogP contribution < -0.4 is 5.32 Å². The lowest BCUT2D eigenvalue weighted by molar-refractivity contribution is 0.453. The van der Waals surface area contributed by atoms with E-state index in [4.69, 9.17) is 0 Å². The lowest BCUT2D eigenvalue weighted by Gasteiger charge is -2.15. The molecule has 1 N–H and O–H groups in total. The molecule has 0 aliphatic carbocycles. The van der Waals surface area contributed by atoms with Crippen molar-refractivity contribution in [1.29, 1.82) is 0 Å². The summed E-state index contributed by atoms with van der Waals surface area (Å²) in [5, 5.41) is 11.7. The fourth-order valence-electron chi connectivity index (χ4n) is 2.10. The summed E-state index contributed by atoms with van der Waals surface area (Å²) in [4.78, 5) is 0. The van der Waals surface area contributed by atoms with Crippen LogP contribution in [0.15, 0.2) is 6.33 Å². The Morgan fingerprint density at radius 1 is 1.64 bits per heavy atom. The quantitative estimate of drug-likeness (QED) is 0.790. The topological polar surface area (TPSA) is 42.7 Å². The number of nitrogens with one attached hydrogen (secondary N) is 1. The first-order chi connectivity index (χ1) is 6.83. The molecule has 2 atom stereocenters. The van der Waals surface area contributed by atoms with Crippen LogP contribution >= 0.6 is 0 Å². The SMILES string of the molecule is CCCn1cnnc1C1NCCC1C. The van der Waals surface area contributed by atoms with Gasteiger partial charge in [-0.1, -0.05) is 13.8 Å². The monoisotopic (exact) mass is 194 g/mol. The molecule has 1 aliphatic rings. The van der Waals surface area contributed by atoms with Gasteiger partial charge in [-0.15, -0.1) is 10.2 Å². The van der Waals surface area contributed by atoms with E-state index in [0.717, 1.165) is 25.3 Å². The third kappa shape index (κ3) is 1.66. The molecule has 2 heterocycles. The molecule has 2 unspecified atom stereocenters. The van der Waals surface area contributed by atoms with Crippen molar-refractivity contribution in [2.75, 3.05) is 6.54 Å². The number of rotatable bonds is 3. The molecule has 1 aromatic rings. The maximum Gasteiger partial charge on any atom is 0.150 e. The first-order valence-corrected chi connectivity index (χ1v) is 5.44. The Balaban J connectivity index is 2.17. The summed E-state index contributed by atoms with van der Waals surface area (Å²) in [6.45, 7) is 6.57. The van der Waals surface area contributed by atoms with E-state index in [1.165, 1.54) is 6.42 Å². The zero-order valence-corrected chi connectivity index (χ0v) is 8.90. The van der Waals surface area contributed by atoms with Crippen molar-refractivity contribution in [1.82, 2.24) is 20.1 Å². The minimum absolute atomic E-state index is 0.407. The van der Waals surface area contributed by atoms with Gasteiger partial charge < -0.3 is 9.88 Å². The van der Waals surface area contributed by atoms with Crippen LogP contribution in [0, 0.1) is 5.92 Å². The Morgan fingerprint density at radius 2 is 2.50 bits per heavy atom. The molecule has 78 valence electrons. The minimum atomic E-state index is 0.407. The van der Waals surface area contributed by atoms with Crippen molar-refractivity contribution >= 4 is 0 Å². The molecule has 1 fully saturated rings. The third-order valence-corrected chi connectivity index (χ3v) is 2.92. The van der Waals surface area contributed by atoms with Crippen LogP contribution in [0.5, 0.6) is 0 Å². The molecular weight excluding hydrogens is 176 g/mol. The molecule has 0 bridgehead atoms. The van der Waals surface area contributed by atoms with Crippen molar-refractivity contribution < 1.29 is 0 Å². The predicted molar refractivity (Wildman–Crippen MR) is 54.8 cm³/mol. The highest BCUT2D eigenvalue weighted by Crippen LogP contribution is 2.27. The third-order valence-electron chi connectivity index (χ3n) is 2.92. The lowest BCUT2D eigenvalue weighted by Crippen LogP contribution is -2.21. The molecule has 0 spiro atoms. The van der Waals surface area contributed by atoms with E-state index in [0.29, 0.717) is 12.0 Å². The van der Waals surface area contributed by atoms with Gasteiger partial charge in [0.05, 0.1) is 6.04 Å². The number of hydrogen-bond acceptors (Lipinski definition) is 3. The first kappa shape index (κ1) is 9.65. The van der Waals surface area contributed by atoms with Gasteiger partial charge in [0.15, 0.2) is 0 Å². The Bertz CT molecular complexity index is 294. The van der Waals surface area contributed by atoms with Crippen LogP contribution in [0.1, 0.15) is 38.6 Å². The zero-order valence-electron chi connectivity index (χ0n) is 8.90. The molecule has 4 nitrogen and oxygen atoms in total. The van der Waals surface area contributed by atoms with Gasteiger partial charge in [-0.3, -0.25) is 0 Å². The molecule has 0 amide bonds. The summed E-state index contributed by atoms with van der Waals surface area (Å²) in [6, 6.07) is 0.407. The van der Waals surface area contributed by atoms with Crippen LogP contribution in [0.3, 0.4) is 0 Å². The van der Waals surface area contributed by atoms with E-state index in [1.54, 1.807) is 0 Å². The van der Waals surface area contributed by atoms with E-state index in [9.17, 15) is 0 Å². The molecule has 0 aromatic carbocycles. The summed E-state index contributed by atoms with van der Waals surface area (Å²) in [7, 11) is 0. The van der Waals surface area contributed by atoms with Crippen LogP contribution in [-0.2, 0) is 6.54 Å². The molecule has 4 heteroatoms. The maximum absolute atomic E-state index is 4.22. The van der Waals surface area contributed by atoms with Gasteiger partial charge in [0, 0.05) is 6.54 Å². The van der Waals surface area contributed by atoms with Gasteiger partial charge >= 0.3 is 0 Å². The number of nitrogens with zero attached hydrogens (tertiary/aromatic N) is 3. The fraction of sp³-hybridized carbons (Fsp3) is 0.800. The standard InChI is InChI=1S/C10H18N4/c1-3-6-14-7-12-13-10(14)9-8(2)4-5-11-9/h7-9,11H,3-6H2,1-2H3. The van der Waals surface area contributed by atoms with Gasteiger partial charge in [-0.25, -0.2) is 0 Å². The molecule has 1 saturated heterocycles. The second-order valence-electron chi connectivity index (χ2n) is 4.08. The lowest BCUT2D eigenvalue weighted by atomic mass is 10.0. The van der Waals surface area contributed by atoms with Crippen molar-refractivity contribution in [3.63, 3.8) is 0 Å². The Labute approximate surface area is 84.7 Å². The second-order valence-corrected chi connectivity index (χ2v) is 4.08. The molecule has 1 aromatic heterocycles. The maximum atomic E-state index is 4.22. The van der Waals surface area contributed by atoms with Crippen LogP contribution in [0.25, 0.3) is 0 Å². The van der Waals surface area contributed by atoms with E-state index < -0.39 is 0 Å². The average Bonchev–Trinajstić information content (AvgIpc) is 2.74. The fourth-order valence-corrected chi connectivity index (χ4v) is 2.10. The minimum Gasteiger partial charge on any atom is -0.316 e. The largest absolute Gasteiger partial charge is 0.316 e. The molecule has 14 heavy (non-hydrogen) atoms. The highest BCUT2D eigenvalue weighted by Gasteiger charge is 2.28. The molecule has 0 saturated carbocycles. The molecule has 2 rings (SSSR count). The van der Waals surface area contributed by atoms with Crippen molar-refractivity contribution in [3.8, 4) is 0 Å². The van der Waals surface area contributed by atoms with Gasteiger partial charge in [0.2, 0.25) is 0 Å². The van der Waals surface area contributed by atoms with Crippen LogP contribution in [0.2, 0.25) is 0 Å². The highest BCUT2D eigenvalue weighted by molar-refractivity contribution is 5.00. The number of aromatic nitrogens is 3. The summed E-state index contributed by atoms with van der Waals surface area (Å²) in [5.41, 5.74) is 0. The summed E-state index contributed by atoms with van der Waals surface area (Å²) < 4.78 is 2.17. The van der Waals surface area contributed by atoms with Crippen molar-refractivity contribution in [3.05, 3.63) is 12.2 Å². The molecular formula is C10H18N4. The zero-order chi connectivity index (χ0) is 9.97. The van der Waals surface area contributed by atoms with Gasteiger partial charge in [0.1, 0.15) is 12.2 Å². The van der Waals surface area contributed by atoms with Crippen LogP contribution in [0.4, 0.5) is 0 Å². The Kier molecular flexibility index (Phi) is 2.82. The van der Waals surface area contributed by atoms with E-state index in [-0.39, 0.29) is 0 Å². The summed E-state index contributed by atoms with van der Waals surface area (Å²) in [6.07, 6.45) is 4.21. The Hall–Kier alpha value is -0.900. The van der Waals surface area contributed by atoms with Crippen molar-refractivity contribution in [2.45, 2.75) is 39.3 Å². The van der Waals surface area contributed by atoms with E-state index >= 15 is 0 Å². The second kappa shape index (κ2) is 4.09. The average molecular weight is 194 g/mol. The van der Waals surface area contributed by atoms with E-state index in [2.05, 4.69) is 33.9 Å². The predicted octanol–water partition coefficient (Wildman–Crippen LogP) is 1.36. The molecule has 0 radical (unpaired) electrons. The normalized spacial score (nSPS) is 27.0. The number of aryl methyl sites for hydroxylation is 1. The summed E-state index contributed by atoms with van der Waals surface area (Å²) >= 11 is 0. The molecule has 1 aliphatic heterocycles. The first-order valence-electron chi connectivity index (χ1n) is 5.44. The van der Waals surface area contributed by atoms with Gasteiger partial charge in [-0.2, -0.15) is 0 Å². The summed E-state index contributed by atoms with van der Waals surface area (Å²) in [5.74, 6) is 1.78. The highest BCUT2D eigenvalue weighted by atomic mass is 15.3. The number of hydrogen-bond donors (Lipinski definition) is 1. The van der Waals surface area contributed by atoms with Gasteiger partial charge in [0.25, 0.3) is 0 Å². The van der Waals surface area contributed by atoms with Crippen LogP contribution in [-0.4, -0.2) is 21.3 Å². The Morgan fingerprint density at radius 3 is 3.14 bits per heavy atom.